The fourth-order valence-corrected chi connectivity index (χ4v) is 6.48. The van der Waals surface area contributed by atoms with Crippen molar-refractivity contribution < 1.29 is 15.0 Å². The predicted molar refractivity (Wildman–Crippen MR) is 163 cm³/mol. The molecule has 0 radical (unpaired) electrons. The minimum absolute atomic E-state index is 0.0528. The van der Waals surface area contributed by atoms with Crippen LogP contribution in [-0.4, -0.2) is 44.2 Å². The maximum Gasteiger partial charge on any atom is 0.224 e. The van der Waals surface area contributed by atoms with Crippen LogP contribution in [0.1, 0.15) is 33.4 Å². The summed E-state index contributed by atoms with van der Waals surface area (Å²) in [5.74, 6) is -0.258. The van der Waals surface area contributed by atoms with Crippen molar-refractivity contribution in [2.45, 2.75) is 32.2 Å². The molecule has 0 spiro atoms. The van der Waals surface area contributed by atoms with E-state index >= 15 is 0 Å². The van der Waals surface area contributed by atoms with Gasteiger partial charge in [-0.05, 0) is 36.9 Å². The first-order valence-corrected chi connectivity index (χ1v) is 14.4. The molecule has 1 unspecified atom stereocenters. The van der Waals surface area contributed by atoms with E-state index in [2.05, 4.69) is 10.3 Å². The van der Waals surface area contributed by atoms with Gasteiger partial charge < -0.3 is 20.1 Å². The second kappa shape index (κ2) is 12.5. The van der Waals surface area contributed by atoms with Gasteiger partial charge in [0.05, 0.1) is 34.5 Å². The molecule has 0 aliphatic carbocycles. The average Bonchev–Trinajstić information content (AvgIpc) is 3.33. The zero-order chi connectivity index (χ0) is 29.1. The second-order valence-corrected chi connectivity index (χ2v) is 11.7. The van der Waals surface area contributed by atoms with Gasteiger partial charge in [-0.2, -0.15) is 0 Å². The normalized spacial score (nSPS) is 12.3. The van der Waals surface area contributed by atoms with Gasteiger partial charge in [-0.3, -0.25) is 19.5 Å². The first-order valence-electron chi connectivity index (χ1n) is 13.2. The van der Waals surface area contributed by atoms with Crippen LogP contribution in [0.4, 0.5) is 0 Å². The Hall–Kier alpha value is -3.60. The molecule has 2 aromatic carbocycles. The zero-order valence-corrected chi connectivity index (χ0v) is 24.4. The average molecular weight is 591 g/mol. The quantitative estimate of drug-likeness (QED) is 0.224. The number of aliphatic hydroxyl groups is 2. The molecule has 0 fully saturated rings. The van der Waals surface area contributed by atoms with Crippen molar-refractivity contribution in [3.8, 4) is 0 Å². The predicted octanol–water partition coefficient (Wildman–Crippen LogP) is 4.32. The van der Waals surface area contributed by atoms with E-state index in [0.717, 1.165) is 21.3 Å². The minimum Gasteiger partial charge on any atom is -0.392 e. The summed E-state index contributed by atoms with van der Waals surface area (Å²) in [6.45, 7) is 0.853. The number of carbonyl (C=O) groups excluding carboxylic acids is 1. The lowest BCUT2D eigenvalue weighted by Gasteiger charge is -2.20. The number of pyridine rings is 2. The number of thiophene rings is 1. The van der Waals surface area contributed by atoms with Gasteiger partial charge in [0.25, 0.3) is 0 Å². The van der Waals surface area contributed by atoms with E-state index in [-0.39, 0.29) is 24.4 Å². The van der Waals surface area contributed by atoms with Crippen molar-refractivity contribution in [2.24, 2.45) is 7.05 Å². The molecule has 0 aliphatic heterocycles. The summed E-state index contributed by atoms with van der Waals surface area (Å²) in [5, 5.41) is 25.6. The number of rotatable bonds is 10. The number of nitrogens with zero attached hydrogens (tertiary/aromatic N) is 3. The zero-order valence-electron chi connectivity index (χ0n) is 22.8. The van der Waals surface area contributed by atoms with Crippen LogP contribution in [-0.2, 0) is 38.0 Å². The van der Waals surface area contributed by atoms with E-state index in [1.807, 2.05) is 67.5 Å². The molecule has 1 amide bonds. The summed E-state index contributed by atoms with van der Waals surface area (Å²) < 4.78 is 2.30. The Kier molecular flexibility index (Phi) is 8.82. The summed E-state index contributed by atoms with van der Waals surface area (Å²) in [4.78, 5) is 33.5. The Bertz CT molecular complexity index is 1770. The second-order valence-electron chi connectivity index (χ2n) is 10.2. The molecule has 0 saturated heterocycles. The molecular formula is C31H31ClN4O4S. The largest absolute Gasteiger partial charge is 0.392 e. The third kappa shape index (κ3) is 6.50. The molecule has 0 saturated carbocycles. The Balaban J connectivity index is 1.31. The lowest BCUT2D eigenvalue weighted by atomic mass is 10.1. The fraction of sp³-hybridized carbons (Fsp3) is 0.258. The van der Waals surface area contributed by atoms with Crippen LogP contribution in [0.5, 0.6) is 0 Å². The number of aryl methyl sites for hydroxylation is 1. The molecule has 3 heterocycles. The number of para-hydroxylation sites is 1. The van der Waals surface area contributed by atoms with E-state index in [4.69, 9.17) is 11.6 Å². The van der Waals surface area contributed by atoms with Crippen LogP contribution in [0.2, 0.25) is 5.02 Å². The van der Waals surface area contributed by atoms with Crippen molar-refractivity contribution in [1.82, 2.24) is 19.8 Å². The van der Waals surface area contributed by atoms with Crippen molar-refractivity contribution in [3.05, 3.63) is 109 Å². The van der Waals surface area contributed by atoms with E-state index in [1.54, 1.807) is 22.9 Å². The Morgan fingerprint density at radius 2 is 1.90 bits per heavy atom. The third-order valence-electron chi connectivity index (χ3n) is 7.03. The van der Waals surface area contributed by atoms with Crippen LogP contribution in [0.25, 0.3) is 21.1 Å². The minimum atomic E-state index is -0.805. The highest BCUT2D eigenvalue weighted by Crippen LogP contribution is 2.31. The molecule has 41 heavy (non-hydrogen) atoms. The maximum atomic E-state index is 13.4. The molecule has 5 rings (SSSR count). The molecule has 8 nitrogen and oxygen atoms in total. The third-order valence-corrected chi connectivity index (χ3v) is 8.49. The molecular weight excluding hydrogens is 560 g/mol. The lowest BCUT2D eigenvalue weighted by molar-refractivity contribution is -0.120. The van der Waals surface area contributed by atoms with Gasteiger partial charge in [-0.1, -0.05) is 48.0 Å². The number of carbonyl (C=O) groups is 1. The van der Waals surface area contributed by atoms with Gasteiger partial charge in [0, 0.05) is 59.3 Å². The maximum absolute atomic E-state index is 13.4. The summed E-state index contributed by atoms with van der Waals surface area (Å²) in [5.41, 5.74) is 3.82. The Morgan fingerprint density at radius 1 is 1.15 bits per heavy atom. The van der Waals surface area contributed by atoms with Crippen molar-refractivity contribution in [3.63, 3.8) is 0 Å². The highest BCUT2D eigenvalue weighted by Gasteiger charge is 2.21. The molecule has 5 aromatic rings. The van der Waals surface area contributed by atoms with E-state index in [1.165, 1.54) is 11.3 Å². The van der Waals surface area contributed by atoms with Crippen LogP contribution in [0, 0.1) is 0 Å². The van der Waals surface area contributed by atoms with E-state index in [0.29, 0.717) is 51.7 Å². The van der Waals surface area contributed by atoms with E-state index < -0.39 is 6.10 Å². The number of likely N-dealkylation sites (N-methyl/N-ethyl adjacent to an activating group) is 1. The molecule has 10 heteroatoms. The molecule has 1 atom stereocenters. The van der Waals surface area contributed by atoms with Gasteiger partial charge in [0.2, 0.25) is 11.3 Å². The summed E-state index contributed by atoms with van der Waals surface area (Å²) in [6, 6.07) is 18.7. The van der Waals surface area contributed by atoms with Gasteiger partial charge in [-0.15, -0.1) is 11.3 Å². The molecule has 212 valence electrons. The number of amides is 1. The van der Waals surface area contributed by atoms with Gasteiger partial charge in [0.15, 0.2) is 0 Å². The first kappa shape index (κ1) is 28.9. The van der Waals surface area contributed by atoms with E-state index in [9.17, 15) is 19.8 Å². The molecule has 0 aliphatic rings. The number of aromatic nitrogens is 2. The summed E-state index contributed by atoms with van der Waals surface area (Å²) >= 11 is 7.24. The van der Waals surface area contributed by atoms with Gasteiger partial charge in [0.1, 0.15) is 6.10 Å². The standard InChI is InChI=1S/C31H31ClN4O4S/c1-35(16-26(38)25-12-9-20-5-3-4-6-24(20)34-25)17-27-23(18-37)29-31(41-27)30(40)21(15-36(29)2)13-28(39)33-14-19-7-10-22(32)11-8-19/h3-12,15,26,37-38H,13-14,16-18H2,1-2H3,(H,33,39). The lowest BCUT2D eigenvalue weighted by Crippen LogP contribution is -2.27. The van der Waals surface area contributed by atoms with Crippen molar-refractivity contribution >= 4 is 50.0 Å². The highest BCUT2D eigenvalue weighted by molar-refractivity contribution is 7.19. The van der Waals surface area contributed by atoms with Crippen LogP contribution in [0.3, 0.4) is 0 Å². The first-order chi connectivity index (χ1) is 19.7. The van der Waals surface area contributed by atoms with Gasteiger partial charge in [-0.25, -0.2) is 0 Å². The highest BCUT2D eigenvalue weighted by atomic mass is 35.5. The SMILES string of the molecule is CN(Cc1sc2c(=O)c(CC(=O)NCc3ccc(Cl)cc3)cn(C)c2c1CO)CC(O)c1ccc2ccccc2n1. The number of hydrogen-bond donors (Lipinski definition) is 3. The Labute approximate surface area is 246 Å². The van der Waals surface area contributed by atoms with Crippen LogP contribution < -0.4 is 10.7 Å². The monoisotopic (exact) mass is 590 g/mol. The Morgan fingerprint density at radius 3 is 2.66 bits per heavy atom. The fourth-order valence-electron chi connectivity index (χ4n) is 4.95. The summed E-state index contributed by atoms with van der Waals surface area (Å²) in [7, 11) is 3.69. The van der Waals surface area contributed by atoms with Crippen molar-refractivity contribution in [2.75, 3.05) is 13.6 Å². The summed E-state index contributed by atoms with van der Waals surface area (Å²) in [6.07, 6.45) is 0.810. The number of nitrogens with one attached hydrogen (secondary N) is 1. The topological polar surface area (TPSA) is 108 Å². The molecule has 3 N–H and O–H groups in total. The number of fused-ring (bicyclic) bond motifs is 2. The number of benzene rings is 2. The van der Waals surface area contributed by atoms with Crippen LogP contribution in [0.15, 0.2) is 71.7 Å². The number of hydrogen-bond acceptors (Lipinski definition) is 7. The van der Waals surface area contributed by atoms with Gasteiger partial charge >= 0.3 is 0 Å². The molecule has 3 aromatic heterocycles. The smallest absolute Gasteiger partial charge is 0.224 e. The van der Waals surface area contributed by atoms with Crippen LogP contribution >= 0.6 is 22.9 Å². The molecule has 0 bridgehead atoms. The van der Waals surface area contributed by atoms with Crippen molar-refractivity contribution in [1.29, 1.82) is 0 Å². The number of aliphatic hydroxyl groups excluding tert-OH is 2. The number of halogens is 1.